The van der Waals surface area contributed by atoms with Crippen molar-refractivity contribution >= 4 is 11.6 Å². The monoisotopic (exact) mass is 274 g/mol. The van der Waals surface area contributed by atoms with Crippen molar-refractivity contribution in [3.8, 4) is 5.69 Å². The second-order valence-corrected chi connectivity index (χ2v) is 5.08. The summed E-state index contributed by atoms with van der Waals surface area (Å²) in [5.41, 5.74) is 1.86. The first-order valence-corrected chi connectivity index (χ1v) is 6.28. The van der Waals surface area contributed by atoms with Crippen molar-refractivity contribution in [1.29, 1.82) is 0 Å². The SMILES string of the molecule is CNC(C)(C)C(=O)Nc1cc(-n2cnnn2)ccc1C. The molecule has 1 amide bonds. The number of hydrogen-bond donors (Lipinski definition) is 2. The van der Waals surface area contributed by atoms with Crippen LogP contribution in [0.4, 0.5) is 5.69 Å². The van der Waals surface area contributed by atoms with Gasteiger partial charge in [-0.25, -0.2) is 4.68 Å². The molecule has 0 aliphatic rings. The number of anilines is 1. The molecule has 0 spiro atoms. The third kappa shape index (κ3) is 2.83. The number of amides is 1. The highest BCUT2D eigenvalue weighted by molar-refractivity contribution is 5.98. The topological polar surface area (TPSA) is 84.7 Å². The predicted octanol–water partition coefficient (Wildman–Crippen LogP) is 0.907. The first kappa shape index (κ1) is 14.1. The summed E-state index contributed by atoms with van der Waals surface area (Å²) in [7, 11) is 1.75. The van der Waals surface area contributed by atoms with Crippen LogP contribution in [0.5, 0.6) is 0 Å². The summed E-state index contributed by atoms with van der Waals surface area (Å²) in [6.07, 6.45) is 1.51. The third-order valence-corrected chi connectivity index (χ3v) is 3.28. The van der Waals surface area contributed by atoms with Gasteiger partial charge in [-0.2, -0.15) is 0 Å². The fourth-order valence-corrected chi connectivity index (χ4v) is 1.56. The molecule has 0 radical (unpaired) electrons. The van der Waals surface area contributed by atoms with Gasteiger partial charge in [-0.3, -0.25) is 4.79 Å². The summed E-state index contributed by atoms with van der Waals surface area (Å²) in [6.45, 7) is 5.58. The molecule has 0 bridgehead atoms. The molecule has 7 nitrogen and oxygen atoms in total. The Labute approximate surface area is 117 Å². The van der Waals surface area contributed by atoms with Crippen molar-refractivity contribution in [3.63, 3.8) is 0 Å². The summed E-state index contributed by atoms with van der Waals surface area (Å²) in [4.78, 5) is 12.2. The number of tetrazole rings is 1. The van der Waals surface area contributed by atoms with E-state index in [0.29, 0.717) is 0 Å². The van der Waals surface area contributed by atoms with Crippen molar-refractivity contribution in [2.75, 3.05) is 12.4 Å². The summed E-state index contributed by atoms with van der Waals surface area (Å²) >= 11 is 0. The van der Waals surface area contributed by atoms with Crippen LogP contribution in [-0.2, 0) is 4.79 Å². The van der Waals surface area contributed by atoms with E-state index in [1.165, 1.54) is 11.0 Å². The van der Waals surface area contributed by atoms with E-state index in [9.17, 15) is 4.79 Å². The summed E-state index contributed by atoms with van der Waals surface area (Å²) < 4.78 is 1.54. The number of nitrogens with one attached hydrogen (secondary N) is 2. The van der Waals surface area contributed by atoms with E-state index >= 15 is 0 Å². The van der Waals surface area contributed by atoms with Crippen LogP contribution in [-0.4, -0.2) is 38.7 Å². The highest BCUT2D eigenvalue weighted by Crippen LogP contribution is 2.20. The standard InChI is InChI=1S/C13H18N6O/c1-9-5-6-10(19-8-15-17-18-19)7-11(9)16-12(20)13(2,3)14-4/h5-8,14H,1-4H3,(H,16,20). The zero-order valence-corrected chi connectivity index (χ0v) is 12.0. The van der Waals surface area contributed by atoms with Gasteiger partial charge in [-0.05, 0) is 55.9 Å². The summed E-state index contributed by atoms with van der Waals surface area (Å²) in [5, 5.41) is 16.9. The van der Waals surface area contributed by atoms with Crippen LogP contribution in [0, 0.1) is 6.92 Å². The summed E-state index contributed by atoms with van der Waals surface area (Å²) in [6, 6.07) is 5.65. The molecule has 0 aliphatic carbocycles. The maximum atomic E-state index is 12.2. The Bertz CT molecular complexity index is 605. The average Bonchev–Trinajstić information content (AvgIpc) is 2.95. The minimum absolute atomic E-state index is 0.100. The van der Waals surface area contributed by atoms with Gasteiger partial charge in [-0.1, -0.05) is 6.07 Å². The summed E-state index contributed by atoms with van der Waals surface area (Å²) in [5.74, 6) is -0.100. The van der Waals surface area contributed by atoms with Gasteiger partial charge in [0.15, 0.2) is 0 Å². The normalized spacial score (nSPS) is 11.4. The minimum Gasteiger partial charge on any atom is -0.324 e. The van der Waals surface area contributed by atoms with Gasteiger partial charge in [0.25, 0.3) is 0 Å². The Morgan fingerprint density at radius 3 is 2.70 bits per heavy atom. The first-order chi connectivity index (χ1) is 9.44. The molecule has 0 saturated heterocycles. The number of benzene rings is 1. The van der Waals surface area contributed by atoms with Crippen LogP contribution >= 0.6 is 0 Å². The van der Waals surface area contributed by atoms with E-state index in [2.05, 4.69) is 26.2 Å². The van der Waals surface area contributed by atoms with Gasteiger partial charge in [0, 0.05) is 5.69 Å². The molecule has 0 fully saturated rings. The van der Waals surface area contributed by atoms with E-state index in [-0.39, 0.29) is 5.91 Å². The number of carbonyl (C=O) groups is 1. The second kappa shape index (κ2) is 5.38. The number of aryl methyl sites for hydroxylation is 1. The van der Waals surface area contributed by atoms with Crippen molar-refractivity contribution in [3.05, 3.63) is 30.1 Å². The number of hydrogen-bond acceptors (Lipinski definition) is 5. The first-order valence-electron chi connectivity index (χ1n) is 6.28. The van der Waals surface area contributed by atoms with Crippen LogP contribution < -0.4 is 10.6 Å². The highest BCUT2D eigenvalue weighted by Gasteiger charge is 2.25. The molecule has 0 aliphatic heterocycles. The van der Waals surface area contributed by atoms with E-state index < -0.39 is 5.54 Å². The maximum Gasteiger partial charge on any atom is 0.244 e. The molecular formula is C13H18N6O. The molecule has 2 rings (SSSR count). The maximum absolute atomic E-state index is 12.2. The Morgan fingerprint density at radius 1 is 1.35 bits per heavy atom. The van der Waals surface area contributed by atoms with Gasteiger partial charge in [0.05, 0.1) is 11.2 Å². The number of nitrogens with zero attached hydrogens (tertiary/aromatic N) is 4. The van der Waals surface area contributed by atoms with Gasteiger partial charge >= 0.3 is 0 Å². The van der Waals surface area contributed by atoms with Crippen molar-refractivity contribution in [2.24, 2.45) is 0 Å². The van der Waals surface area contributed by atoms with Gasteiger partial charge in [0.1, 0.15) is 6.33 Å². The van der Waals surface area contributed by atoms with Crippen molar-refractivity contribution in [1.82, 2.24) is 25.5 Å². The quantitative estimate of drug-likeness (QED) is 0.865. The van der Waals surface area contributed by atoms with E-state index in [4.69, 9.17) is 0 Å². The zero-order valence-electron chi connectivity index (χ0n) is 12.0. The number of likely N-dealkylation sites (N-methyl/N-ethyl adjacent to an activating group) is 1. The van der Waals surface area contributed by atoms with Gasteiger partial charge < -0.3 is 10.6 Å². The lowest BCUT2D eigenvalue weighted by atomic mass is 10.0. The molecule has 2 N–H and O–H groups in total. The molecule has 1 aromatic heterocycles. The van der Waals surface area contributed by atoms with Crippen LogP contribution in [0.1, 0.15) is 19.4 Å². The Kier molecular flexibility index (Phi) is 3.80. The molecule has 0 saturated carbocycles. The van der Waals surface area contributed by atoms with Crippen molar-refractivity contribution < 1.29 is 4.79 Å². The lowest BCUT2D eigenvalue weighted by Gasteiger charge is -2.23. The van der Waals surface area contributed by atoms with Crippen molar-refractivity contribution in [2.45, 2.75) is 26.3 Å². The molecule has 0 unspecified atom stereocenters. The van der Waals surface area contributed by atoms with E-state index in [0.717, 1.165) is 16.9 Å². The molecule has 20 heavy (non-hydrogen) atoms. The van der Waals surface area contributed by atoms with Crippen LogP contribution in [0.15, 0.2) is 24.5 Å². The fraction of sp³-hybridized carbons (Fsp3) is 0.385. The van der Waals surface area contributed by atoms with E-state index in [1.807, 2.05) is 39.0 Å². The van der Waals surface area contributed by atoms with E-state index in [1.54, 1.807) is 7.05 Å². The highest BCUT2D eigenvalue weighted by atomic mass is 16.2. The number of aromatic nitrogens is 4. The lowest BCUT2D eigenvalue weighted by molar-refractivity contribution is -0.121. The van der Waals surface area contributed by atoms with Crippen LogP contribution in [0.2, 0.25) is 0 Å². The minimum atomic E-state index is -0.642. The van der Waals surface area contributed by atoms with Gasteiger partial charge in [0.2, 0.25) is 5.91 Å². The fourth-order valence-electron chi connectivity index (χ4n) is 1.56. The average molecular weight is 274 g/mol. The van der Waals surface area contributed by atoms with Gasteiger partial charge in [-0.15, -0.1) is 5.10 Å². The molecule has 2 aromatic rings. The molecule has 1 heterocycles. The molecular weight excluding hydrogens is 256 g/mol. The largest absolute Gasteiger partial charge is 0.324 e. The number of rotatable bonds is 4. The lowest BCUT2D eigenvalue weighted by Crippen LogP contribution is -2.48. The molecule has 1 aromatic carbocycles. The third-order valence-electron chi connectivity index (χ3n) is 3.28. The molecule has 106 valence electrons. The molecule has 7 heteroatoms. The van der Waals surface area contributed by atoms with Crippen LogP contribution in [0.3, 0.4) is 0 Å². The van der Waals surface area contributed by atoms with Crippen LogP contribution in [0.25, 0.3) is 5.69 Å². The Hall–Kier alpha value is -2.28. The zero-order chi connectivity index (χ0) is 14.8. The predicted molar refractivity (Wildman–Crippen MR) is 75.7 cm³/mol. The second-order valence-electron chi connectivity index (χ2n) is 5.08. The Balaban J connectivity index is 2.28. The Morgan fingerprint density at radius 2 is 2.10 bits per heavy atom. The smallest absolute Gasteiger partial charge is 0.244 e. The molecule has 0 atom stereocenters. The number of carbonyl (C=O) groups excluding carboxylic acids is 1.